The van der Waals surface area contributed by atoms with Crippen LogP contribution in [-0.4, -0.2) is 102 Å². The van der Waals surface area contributed by atoms with Crippen LogP contribution in [0.4, 0.5) is 34.1 Å². The maximum absolute atomic E-state index is 13.4. The number of rotatable bonds is 17. The maximum Gasteiger partial charge on any atom is 0.338 e. The molecule has 0 aliphatic rings. The van der Waals surface area contributed by atoms with E-state index in [1.54, 1.807) is 0 Å². The molecule has 6 aromatic rings. The zero-order valence-corrected chi connectivity index (χ0v) is 35.4. The quantitative estimate of drug-likeness (QED) is 0.0398. The summed E-state index contributed by atoms with van der Waals surface area (Å²) in [4.78, 5) is 23.3. The van der Waals surface area contributed by atoms with Crippen molar-refractivity contribution in [1.29, 1.82) is 0 Å². The highest BCUT2D eigenvalue weighted by atomic mass is 32.2. The Kier molecular flexibility index (Phi) is 13.6. The van der Waals surface area contributed by atoms with Crippen LogP contribution in [0.3, 0.4) is 0 Å². The third kappa shape index (κ3) is 10.7. The molecular weight excluding hydrogens is 925 g/mol. The second kappa shape index (κ2) is 18.8. The number of phenolic OH excluding ortho intramolecular Hbond substituents is 1. The van der Waals surface area contributed by atoms with Crippen molar-refractivity contribution in [2.75, 3.05) is 26.4 Å². The number of carbonyl (C=O) groups is 1. The monoisotopic (exact) mass is 956 g/mol. The molecule has 0 unspecified atom stereocenters. The highest BCUT2D eigenvalue weighted by Crippen LogP contribution is 2.45. The molecule has 0 saturated carbocycles. The van der Waals surface area contributed by atoms with E-state index in [0.29, 0.717) is 6.07 Å². The Morgan fingerprint density at radius 3 is 1.77 bits per heavy atom. The predicted octanol–water partition coefficient (Wildman–Crippen LogP) is 5.76. The summed E-state index contributed by atoms with van der Waals surface area (Å²) in [5.41, 5.74) is -2.69. The molecule has 65 heavy (non-hydrogen) atoms. The van der Waals surface area contributed by atoms with Crippen molar-refractivity contribution in [1.82, 2.24) is 9.78 Å². The Morgan fingerprint density at radius 1 is 0.662 bits per heavy atom. The van der Waals surface area contributed by atoms with Crippen LogP contribution in [0, 0.1) is 6.92 Å². The van der Waals surface area contributed by atoms with Crippen molar-refractivity contribution in [3.05, 3.63) is 100 Å². The average Bonchev–Trinajstić information content (AvgIpc) is 3.53. The van der Waals surface area contributed by atoms with Gasteiger partial charge in [-0.3, -0.25) is 23.6 Å². The van der Waals surface area contributed by atoms with Gasteiger partial charge in [0.1, 0.15) is 52.4 Å². The van der Waals surface area contributed by atoms with E-state index in [1.807, 2.05) is 0 Å². The number of phenols is 1. The van der Waals surface area contributed by atoms with E-state index in [4.69, 9.17) is 9.47 Å². The molecule has 0 saturated heterocycles. The molecule has 0 fully saturated rings. The summed E-state index contributed by atoms with van der Waals surface area (Å²) in [6.07, 6.45) is 0. The number of aromatic carboxylic acids is 1. The van der Waals surface area contributed by atoms with Gasteiger partial charge in [-0.1, -0.05) is 0 Å². The predicted molar refractivity (Wildman–Crippen MR) is 224 cm³/mol. The summed E-state index contributed by atoms with van der Waals surface area (Å²) in [6, 6.07) is 14.3. The Balaban J connectivity index is 1.40. The second-order valence-electron chi connectivity index (χ2n) is 13.1. The molecule has 0 bridgehead atoms. The summed E-state index contributed by atoms with van der Waals surface area (Å²) < 4.78 is 112. The average molecular weight is 957 g/mol. The molecule has 6 rings (SSSR count). The van der Waals surface area contributed by atoms with Crippen molar-refractivity contribution < 1.29 is 73.6 Å². The number of azo groups is 3. The van der Waals surface area contributed by atoms with Gasteiger partial charge in [0.05, 0.1) is 45.6 Å². The van der Waals surface area contributed by atoms with Crippen molar-refractivity contribution >= 4 is 81.2 Å². The number of nitrogens with zero attached hydrogens (tertiary/aromatic N) is 7. The van der Waals surface area contributed by atoms with Gasteiger partial charge in [-0.25, -0.2) is 9.48 Å². The number of fused-ring (bicyclic) bond motifs is 1. The van der Waals surface area contributed by atoms with Gasteiger partial charge < -0.3 is 29.9 Å². The van der Waals surface area contributed by atoms with Crippen LogP contribution in [-0.2, 0) is 30.4 Å². The molecule has 0 aliphatic carbocycles. The van der Waals surface area contributed by atoms with Gasteiger partial charge in [-0.2, -0.15) is 30.4 Å². The highest BCUT2D eigenvalue weighted by Gasteiger charge is 2.24. The van der Waals surface area contributed by atoms with Crippen LogP contribution in [0.2, 0.25) is 0 Å². The van der Waals surface area contributed by atoms with Gasteiger partial charge in [0.15, 0.2) is 11.4 Å². The number of hydrogen-bond acceptors (Lipinski definition) is 19. The van der Waals surface area contributed by atoms with E-state index in [9.17, 15) is 68.9 Å². The molecule has 1 heterocycles. The van der Waals surface area contributed by atoms with Crippen LogP contribution < -0.4 is 15.0 Å². The minimum Gasteiger partial charge on any atom is -0.505 e. The zero-order valence-electron chi connectivity index (χ0n) is 32.9. The van der Waals surface area contributed by atoms with Gasteiger partial charge in [0, 0.05) is 17.5 Å². The largest absolute Gasteiger partial charge is 0.505 e. The van der Waals surface area contributed by atoms with E-state index < -0.39 is 81.9 Å². The summed E-state index contributed by atoms with van der Waals surface area (Å²) in [6.45, 7) is -0.270. The van der Waals surface area contributed by atoms with Crippen molar-refractivity contribution in [3.63, 3.8) is 0 Å². The van der Waals surface area contributed by atoms with Crippen LogP contribution in [0.5, 0.6) is 17.2 Å². The van der Waals surface area contributed by atoms with E-state index >= 15 is 0 Å². The fourth-order valence-corrected chi connectivity index (χ4v) is 7.43. The lowest BCUT2D eigenvalue weighted by molar-refractivity contribution is 0.0697. The lowest BCUT2D eigenvalue weighted by Crippen LogP contribution is -2.14. The van der Waals surface area contributed by atoms with Crippen LogP contribution in [0.25, 0.3) is 16.5 Å². The number of aryl methyl sites for hydroxylation is 1. The van der Waals surface area contributed by atoms with Crippen molar-refractivity contribution in [2.45, 2.75) is 21.6 Å². The normalized spacial score (nSPS) is 12.5. The minimum absolute atomic E-state index is 0.0205. The lowest BCUT2D eigenvalue weighted by atomic mass is 10.1. The summed E-state index contributed by atoms with van der Waals surface area (Å²) in [7, 11) is -14.4. The molecule has 0 atom stereocenters. The van der Waals surface area contributed by atoms with E-state index in [2.05, 4.69) is 35.8 Å². The van der Waals surface area contributed by atoms with Gasteiger partial charge in [-0.15, -0.1) is 25.6 Å². The van der Waals surface area contributed by atoms with Gasteiger partial charge in [-0.05, 0) is 79.0 Å². The van der Waals surface area contributed by atoms with Gasteiger partial charge in [0.25, 0.3) is 35.9 Å². The number of nitrogens with one attached hydrogen (secondary N) is 1. The standard InChI is InChI=1S/C37H32N8O17S3/c1-19-33(42-38-21-2-5-23(6-3-21)63(52,53)54)36(49)45(44-19)22-4-8-25-20(14-22)15-32(65(58,59)60)34(35(25)48)43-41-29-18-30(61-12-10-46)28(17-31(29)62-13-11-47)40-39-27-9-7-24(64(55,56)57)16-26(27)37(50)51/h2-9,14-18,44,46-48H,10-13H2,1H3,(H,50,51)(H,52,53,54)(H,55,56,57)(H,58,59,60). The van der Waals surface area contributed by atoms with E-state index in [0.717, 1.165) is 47.1 Å². The van der Waals surface area contributed by atoms with Crippen molar-refractivity contribution in [2.24, 2.45) is 30.7 Å². The smallest absolute Gasteiger partial charge is 0.338 e. The number of benzene rings is 5. The maximum atomic E-state index is 13.4. The van der Waals surface area contributed by atoms with E-state index in [1.165, 1.54) is 37.3 Å². The third-order valence-corrected chi connectivity index (χ3v) is 11.4. The van der Waals surface area contributed by atoms with Crippen LogP contribution in [0.15, 0.2) is 129 Å². The fraction of sp³-hybridized carbons (Fsp3) is 0.135. The molecule has 28 heteroatoms. The number of aliphatic hydroxyl groups excluding tert-OH is 2. The molecule has 25 nitrogen and oxygen atoms in total. The van der Waals surface area contributed by atoms with Gasteiger partial charge >= 0.3 is 5.97 Å². The molecule has 0 aliphatic heterocycles. The number of aromatic hydroxyl groups is 1. The number of carboxylic acids is 1. The number of aromatic nitrogens is 2. The number of aliphatic hydroxyl groups is 2. The molecule has 8 N–H and O–H groups in total. The number of ether oxygens (including phenoxy) is 2. The summed E-state index contributed by atoms with van der Waals surface area (Å²) >= 11 is 0. The number of H-pyrrole nitrogens is 1. The molecule has 0 radical (unpaired) electrons. The first kappa shape index (κ1) is 47.2. The SMILES string of the molecule is Cc1[nH]n(-c2ccc3c(O)c(N=Nc4cc(OCCO)c(N=Nc5ccc(S(=O)(=O)O)cc5C(=O)O)cc4OCCO)c(S(=O)(=O)O)cc3c2)c(=O)c1N=Nc1ccc(S(=O)(=O)O)cc1. The Hall–Kier alpha value is -7.31. The minimum atomic E-state index is -5.19. The number of aromatic amines is 1. The topological polar surface area (TPSA) is 392 Å². The van der Waals surface area contributed by atoms with E-state index in [-0.39, 0.29) is 80.2 Å². The molecule has 1 aromatic heterocycles. The first-order valence-electron chi connectivity index (χ1n) is 18.0. The fourth-order valence-electron chi connectivity index (χ4n) is 5.78. The summed E-state index contributed by atoms with van der Waals surface area (Å²) in [5.74, 6) is -2.87. The zero-order chi connectivity index (χ0) is 47.4. The second-order valence-corrected chi connectivity index (χ2v) is 17.4. The molecule has 340 valence electrons. The van der Waals surface area contributed by atoms with Crippen LogP contribution >= 0.6 is 0 Å². The van der Waals surface area contributed by atoms with Crippen LogP contribution in [0.1, 0.15) is 16.1 Å². The first-order valence-corrected chi connectivity index (χ1v) is 22.3. The third-order valence-electron chi connectivity index (χ3n) is 8.77. The Labute approximate surface area is 365 Å². The molecule has 5 aromatic carbocycles. The van der Waals surface area contributed by atoms with Gasteiger partial charge in [0.2, 0.25) is 0 Å². The number of hydrogen-bond donors (Lipinski definition) is 8. The Morgan fingerprint density at radius 2 is 1.22 bits per heavy atom. The summed E-state index contributed by atoms with van der Waals surface area (Å²) in [5, 5.41) is 66.4. The first-order chi connectivity index (χ1) is 30.6. The lowest BCUT2D eigenvalue weighted by Gasteiger charge is -2.13. The highest BCUT2D eigenvalue weighted by molar-refractivity contribution is 7.86. The van der Waals surface area contributed by atoms with Crippen molar-refractivity contribution in [3.8, 4) is 22.9 Å². The molecular formula is C37H32N8O17S3. The molecule has 0 spiro atoms. The Bertz CT molecular complexity index is 3350. The number of carboxylic acid groups (broad SMARTS) is 1. The molecule has 0 amide bonds.